The van der Waals surface area contributed by atoms with Gasteiger partial charge in [-0.3, -0.25) is 0 Å². The number of carboxylic acid groups (broad SMARTS) is 2. The van der Waals surface area contributed by atoms with E-state index in [2.05, 4.69) is 55.6 Å². The summed E-state index contributed by atoms with van der Waals surface area (Å²) in [6, 6.07) is 0. The van der Waals surface area contributed by atoms with Gasteiger partial charge in [0.05, 0.1) is 65.3 Å². The molecule has 0 aromatic heterocycles. The normalized spacial score (nSPS) is 11.6. The predicted octanol–water partition coefficient (Wildman–Crippen LogP) is 0.572. The highest BCUT2D eigenvalue weighted by atomic mass is 127. The molecule has 0 unspecified atom stereocenters. The smallest absolute Gasteiger partial charge is 0.239 e. The lowest BCUT2D eigenvalue weighted by Gasteiger charge is -2.30. The van der Waals surface area contributed by atoms with Crippen LogP contribution in [0.25, 0.3) is 0 Å². The Kier molecular flexibility index (Phi) is 16.0. The van der Waals surface area contributed by atoms with Gasteiger partial charge in [-0.2, -0.15) is 0 Å². The monoisotopic (exact) mass is 478 g/mol. The van der Waals surface area contributed by atoms with Gasteiger partial charge in [0, 0.05) is 0 Å². The zero-order chi connectivity index (χ0) is 20.9. The van der Waals surface area contributed by atoms with Gasteiger partial charge in [0.15, 0.2) is 0 Å². The van der Waals surface area contributed by atoms with Crippen molar-refractivity contribution in [3.05, 3.63) is 0 Å². The van der Waals surface area contributed by atoms with Crippen LogP contribution in [0.2, 0.25) is 0 Å². The molecule has 0 amide bonds. The lowest BCUT2D eigenvalue weighted by molar-refractivity contribution is -0.904. The third kappa shape index (κ3) is 12.5. The Labute approximate surface area is 166 Å². The summed E-state index contributed by atoms with van der Waals surface area (Å²) in [6.45, 7) is 21.0. The number of nitrogens with zero attached hydrogens (tertiary/aromatic N) is 2. The topological polar surface area (TPSA) is 80.3 Å². The van der Waals surface area contributed by atoms with Gasteiger partial charge in [-0.05, 0) is 64.1 Å². The summed E-state index contributed by atoms with van der Waals surface area (Å²) < 4.78 is 11.0. The van der Waals surface area contributed by atoms with E-state index in [0.29, 0.717) is 22.6 Å². The number of rotatable bonds is 8. The maximum absolute atomic E-state index is 12.0. The molecular weight excluding hydrogens is 442 g/mol. The van der Waals surface area contributed by atoms with E-state index in [1.165, 1.54) is 48.2 Å². The fraction of sp³-hybridized carbons (Fsp3) is 0.882. The van der Waals surface area contributed by atoms with E-state index in [9.17, 15) is 24.2 Å². The molecule has 0 radical (unpaired) electrons. The molecule has 0 saturated carbocycles. The van der Waals surface area contributed by atoms with E-state index in [0.717, 1.165) is 0 Å². The minimum absolute atomic E-state index is 0.565. The quantitative estimate of drug-likeness (QED) is 0.221. The van der Waals surface area contributed by atoms with E-state index >= 15 is 0 Å². The summed E-state index contributed by atoms with van der Waals surface area (Å²) in [6.07, 6.45) is 0. The van der Waals surface area contributed by atoms with Gasteiger partial charge in [-0.25, -0.2) is 4.39 Å². The molecule has 0 N–H and O–H groups in total. The summed E-state index contributed by atoms with van der Waals surface area (Å²) in [7, 11) is 4.58. The molecule has 0 bridgehead atoms. The predicted molar refractivity (Wildman–Crippen MR) is 103 cm³/mol. The molecule has 0 spiro atoms. The van der Waals surface area contributed by atoms with E-state index in [1.807, 2.05) is 0 Å². The van der Waals surface area contributed by atoms with Crippen molar-refractivity contribution in [1.29, 1.82) is 0 Å². The SMILES string of the molecule is CC[N+](C)(CC)CC.CC[N+](C)(CC)CC.O=C([O-])C(F)(I)C(=O)[O-]. The first-order valence-electron chi connectivity index (χ1n) is 8.73. The minimum Gasteiger partial charge on any atom is -0.545 e. The number of alkyl halides is 2. The van der Waals surface area contributed by atoms with Gasteiger partial charge >= 0.3 is 0 Å². The van der Waals surface area contributed by atoms with Crippen LogP contribution >= 0.6 is 22.6 Å². The first-order chi connectivity index (χ1) is 11.3. The number of hydrogen-bond acceptors (Lipinski definition) is 4. The molecule has 0 rings (SSSR count). The standard InChI is InChI=1S/2C7H18N.C3H2FIO4/c2*1-5-8(4,6-2)7-3;4-3(5,1(6)7)2(8)9/h2*5-7H2,1-4H3;(H,6,7)(H,8,9)/q2*+1;/p-2. The van der Waals surface area contributed by atoms with Crippen LogP contribution in [0.4, 0.5) is 4.39 Å². The molecule has 8 heteroatoms. The van der Waals surface area contributed by atoms with Crippen LogP contribution in [0.15, 0.2) is 0 Å². The maximum atomic E-state index is 12.0. The largest absolute Gasteiger partial charge is 0.545 e. The Hall–Kier alpha value is -0.480. The van der Waals surface area contributed by atoms with Crippen molar-refractivity contribution < 1.29 is 33.2 Å². The van der Waals surface area contributed by atoms with Crippen LogP contribution in [0.1, 0.15) is 41.5 Å². The maximum Gasteiger partial charge on any atom is 0.239 e. The van der Waals surface area contributed by atoms with Gasteiger partial charge in [-0.1, -0.05) is 0 Å². The average molecular weight is 478 g/mol. The second-order valence-electron chi connectivity index (χ2n) is 6.29. The zero-order valence-electron chi connectivity index (χ0n) is 17.0. The molecule has 0 heterocycles. The molecule has 0 fully saturated rings. The highest BCUT2D eigenvalue weighted by molar-refractivity contribution is 14.1. The van der Waals surface area contributed by atoms with Crippen molar-refractivity contribution in [2.75, 3.05) is 53.4 Å². The Bertz CT molecular complexity index is 334. The Morgan fingerprint density at radius 1 is 0.760 bits per heavy atom. The van der Waals surface area contributed by atoms with Gasteiger partial charge in [0.1, 0.15) is 0 Å². The number of carboxylic acids is 2. The first kappa shape index (κ1) is 29.3. The molecule has 0 aromatic carbocycles. The lowest BCUT2D eigenvalue weighted by Crippen LogP contribution is -2.52. The molecule has 0 aliphatic heterocycles. The second-order valence-corrected chi connectivity index (χ2v) is 7.77. The third-order valence-corrected chi connectivity index (χ3v) is 5.97. The van der Waals surface area contributed by atoms with E-state index in [1.54, 1.807) is 0 Å². The fourth-order valence-electron chi connectivity index (χ4n) is 1.42. The lowest BCUT2D eigenvalue weighted by atomic mass is 10.4. The molecule has 0 atom stereocenters. The highest BCUT2D eigenvalue weighted by Crippen LogP contribution is 2.17. The third-order valence-electron chi connectivity index (χ3n) is 5.09. The number of hydrogen-bond donors (Lipinski definition) is 0. The van der Waals surface area contributed by atoms with Gasteiger partial charge in [0.25, 0.3) is 0 Å². The Balaban J connectivity index is -0.000000291. The summed E-state index contributed by atoms with van der Waals surface area (Å²) in [5.41, 5.74) is 0. The zero-order valence-corrected chi connectivity index (χ0v) is 19.2. The number of aliphatic carboxylic acids is 2. The number of halogens is 2. The van der Waals surface area contributed by atoms with Crippen molar-refractivity contribution in [2.24, 2.45) is 0 Å². The molecule has 0 aromatic rings. The minimum atomic E-state index is -3.42. The van der Waals surface area contributed by atoms with Gasteiger partial charge < -0.3 is 28.8 Å². The summed E-state index contributed by atoms with van der Waals surface area (Å²) in [5, 5.41) is 19.1. The summed E-state index contributed by atoms with van der Waals surface area (Å²) in [4.78, 5) is 19.1. The van der Waals surface area contributed by atoms with Crippen LogP contribution in [0.3, 0.4) is 0 Å². The molecule has 25 heavy (non-hydrogen) atoms. The fourth-order valence-corrected chi connectivity index (χ4v) is 1.42. The number of quaternary nitrogens is 2. The van der Waals surface area contributed by atoms with Crippen LogP contribution in [0.5, 0.6) is 0 Å². The molecule has 0 aliphatic carbocycles. The number of carbonyl (C=O) groups is 2. The second kappa shape index (κ2) is 13.7. The van der Waals surface area contributed by atoms with Crippen molar-refractivity contribution >= 4 is 34.5 Å². The van der Waals surface area contributed by atoms with E-state index in [4.69, 9.17) is 0 Å². The van der Waals surface area contributed by atoms with Gasteiger partial charge in [-0.15, -0.1) is 0 Å². The van der Waals surface area contributed by atoms with E-state index in [-0.39, 0.29) is 0 Å². The first-order valence-corrected chi connectivity index (χ1v) is 9.81. The highest BCUT2D eigenvalue weighted by Gasteiger charge is 2.28. The van der Waals surface area contributed by atoms with Gasteiger partial charge in [0.2, 0.25) is 3.68 Å². The Morgan fingerprint density at radius 2 is 0.920 bits per heavy atom. The van der Waals surface area contributed by atoms with Crippen molar-refractivity contribution in [3.63, 3.8) is 0 Å². The van der Waals surface area contributed by atoms with Crippen LogP contribution in [-0.4, -0.2) is 77.9 Å². The summed E-state index contributed by atoms with van der Waals surface area (Å²) in [5.74, 6) is -4.63. The number of carbonyl (C=O) groups excluding carboxylic acids is 2. The Morgan fingerprint density at radius 3 is 0.920 bits per heavy atom. The average Bonchev–Trinajstić information content (AvgIpc) is 2.61. The molecule has 0 aliphatic rings. The molecule has 152 valence electrons. The van der Waals surface area contributed by atoms with E-state index < -0.39 is 15.6 Å². The van der Waals surface area contributed by atoms with Crippen molar-refractivity contribution in [1.82, 2.24) is 0 Å². The summed E-state index contributed by atoms with van der Waals surface area (Å²) >= 11 is 0.565. The van der Waals surface area contributed by atoms with Crippen LogP contribution < -0.4 is 10.2 Å². The van der Waals surface area contributed by atoms with Crippen molar-refractivity contribution in [2.45, 2.75) is 45.2 Å². The molecule has 6 nitrogen and oxygen atoms in total. The molecule has 0 saturated heterocycles. The van der Waals surface area contributed by atoms with Crippen molar-refractivity contribution in [3.8, 4) is 0 Å². The molecular formula is C17H36FIN2O4. The van der Waals surface area contributed by atoms with Crippen LogP contribution in [0, 0.1) is 0 Å². The van der Waals surface area contributed by atoms with Crippen LogP contribution in [-0.2, 0) is 9.59 Å².